The van der Waals surface area contributed by atoms with E-state index in [-0.39, 0.29) is 17.2 Å². The van der Waals surface area contributed by atoms with Gasteiger partial charge in [-0.05, 0) is 72.6 Å². The molecule has 0 spiro atoms. The lowest BCUT2D eigenvalue weighted by atomic mass is 9.72. The highest BCUT2D eigenvalue weighted by Crippen LogP contribution is 2.44. The van der Waals surface area contributed by atoms with Crippen molar-refractivity contribution >= 4 is 33.8 Å². The number of ether oxygens (including phenoxy) is 1. The first-order chi connectivity index (χ1) is 15.8. The van der Waals surface area contributed by atoms with E-state index in [1.54, 1.807) is 55.9 Å². The fourth-order valence-electron chi connectivity index (χ4n) is 4.20. The molecule has 0 bridgehead atoms. The predicted octanol–water partition coefficient (Wildman–Crippen LogP) is 5.81. The summed E-state index contributed by atoms with van der Waals surface area (Å²) < 4.78 is 5.20. The van der Waals surface area contributed by atoms with Gasteiger partial charge in [0, 0.05) is 28.5 Å². The number of pyridine rings is 1. The largest absolute Gasteiger partial charge is 0.497 e. The van der Waals surface area contributed by atoms with Gasteiger partial charge in [-0.1, -0.05) is 20.8 Å². The lowest BCUT2D eigenvalue weighted by molar-refractivity contribution is 0.102. The number of thiophene rings is 1. The first-order valence-corrected chi connectivity index (χ1v) is 11.9. The van der Waals surface area contributed by atoms with Crippen molar-refractivity contribution in [3.05, 3.63) is 70.4 Å². The number of nitrogens with one attached hydrogen (secondary N) is 2. The molecule has 0 fully saturated rings. The number of anilines is 2. The quantitative estimate of drug-likeness (QED) is 0.501. The minimum Gasteiger partial charge on any atom is -0.497 e. The zero-order valence-corrected chi connectivity index (χ0v) is 20.2. The number of carbonyl (C=O) groups is 2. The van der Waals surface area contributed by atoms with Crippen LogP contribution in [0.15, 0.2) is 48.8 Å². The second-order valence-electron chi connectivity index (χ2n) is 9.39. The normalized spacial score (nSPS) is 15.5. The number of amides is 2. The highest BCUT2D eigenvalue weighted by molar-refractivity contribution is 7.17. The average Bonchev–Trinajstić information content (AvgIpc) is 3.16. The van der Waals surface area contributed by atoms with Crippen molar-refractivity contribution in [2.24, 2.45) is 11.3 Å². The molecule has 3 aromatic rings. The van der Waals surface area contributed by atoms with Gasteiger partial charge in [0.2, 0.25) is 0 Å². The Hall–Kier alpha value is -3.19. The molecule has 2 heterocycles. The third-order valence-electron chi connectivity index (χ3n) is 6.23. The van der Waals surface area contributed by atoms with Crippen molar-refractivity contribution in [2.75, 3.05) is 17.7 Å². The van der Waals surface area contributed by atoms with Gasteiger partial charge >= 0.3 is 0 Å². The van der Waals surface area contributed by atoms with Crippen molar-refractivity contribution in [1.82, 2.24) is 4.98 Å². The Morgan fingerprint density at radius 2 is 1.73 bits per heavy atom. The van der Waals surface area contributed by atoms with Crippen LogP contribution in [0.3, 0.4) is 0 Å². The minimum atomic E-state index is -0.248. The molecule has 0 saturated carbocycles. The summed E-state index contributed by atoms with van der Waals surface area (Å²) in [4.78, 5) is 31.5. The molecule has 1 aromatic carbocycles. The van der Waals surface area contributed by atoms with E-state index in [2.05, 4.69) is 36.4 Å². The molecule has 0 saturated heterocycles. The molecule has 2 N–H and O–H groups in total. The van der Waals surface area contributed by atoms with Gasteiger partial charge in [0.05, 0.1) is 12.7 Å². The van der Waals surface area contributed by atoms with Crippen LogP contribution in [-0.2, 0) is 12.8 Å². The zero-order valence-electron chi connectivity index (χ0n) is 19.4. The highest BCUT2D eigenvalue weighted by Gasteiger charge is 2.34. The number of methoxy groups -OCH3 is 1. The van der Waals surface area contributed by atoms with E-state index in [9.17, 15) is 9.59 Å². The number of rotatable bonds is 5. The van der Waals surface area contributed by atoms with Gasteiger partial charge in [0.1, 0.15) is 10.8 Å². The number of benzene rings is 1. The summed E-state index contributed by atoms with van der Waals surface area (Å²) in [5.41, 5.74) is 2.99. The topological polar surface area (TPSA) is 80.3 Å². The number of fused-ring (bicyclic) bond motifs is 1. The zero-order chi connectivity index (χ0) is 23.6. The molecule has 7 heteroatoms. The second kappa shape index (κ2) is 9.35. The molecule has 0 radical (unpaired) electrons. The summed E-state index contributed by atoms with van der Waals surface area (Å²) in [6.07, 6.45) is 5.93. The Bertz CT molecular complexity index is 1150. The fraction of sp³-hybridized carbons (Fsp3) is 0.346. The molecule has 2 amide bonds. The van der Waals surface area contributed by atoms with Crippen molar-refractivity contribution in [3.63, 3.8) is 0 Å². The molecular formula is C26H29N3O3S. The molecular weight excluding hydrogens is 434 g/mol. The number of nitrogens with zero attached hydrogens (tertiary/aromatic N) is 1. The number of carbonyl (C=O) groups excluding carboxylic acids is 2. The third kappa shape index (κ3) is 5.09. The van der Waals surface area contributed by atoms with Gasteiger partial charge in [0.25, 0.3) is 11.8 Å². The molecule has 1 aliphatic rings. The average molecular weight is 464 g/mol. The molecule has 6 nitrogen and oxygen atoms in total. The number of hydrogen-bond acceptors (Lipinski definition) is 5. The lowest BCUT2D eigenvalue weighted by Crippen LogP contribution is -2.27. The first-order valence-electron chi connectivity index (χ1n) is 11.1. The van der Waals surface area contributed by atoms with Gasteiger partial charge in [-0.15, -0.1) is 11.3 Å². The summed E-state index contributed by atoms with van der Waals surface area (Å²) in [6, 6.07) is 10.5. The van der Waals surface area contributed by atoms with Crippen molar-refractivity contribution in [2.45, 2.75) is 40.0 Å². The first kappa shape index (κ1) is 23.0. The van der Waals surface area contributed by atoms with Gasteiger partial charge in [-0.25, -0.2) is 0 Å². The summed E-state index contributed by atoms with van der Waals surface area (Å²) >= 11 is 1.52. The molecule has 0 unspecified atom stereocenters. The molecule has 1 aliphatic carbocycles. The molecule has 4 rings (SSSR count). The van der Waals surface area contributed by atoms with Crippen LogP contribution in [0.5, 0.6) is 5.75 Å². The fourth-order valence-corrected chi connectivity index (χ4v) is 5.52. The van der Waals surface area contributed by atoms with E-state index >= 15 is 0 Å². The molecule has 1 atom stereocenters. The van der Waals surface area contributed by atoms with Crippen LogP contribution in [-0.4, -0.2) is 23.9 Å². The van der Waals surface area contributed by atoms with Gasteiger partial charge < -0.3 is 15.4 Å². The molecule has 33 heavy (non-hydrogen) atoms. The van der Waals surface area contributed by atoms with Crippen LogP contribution in [0.1, 0.15) is 58.3 Å². The molecule has 172 valence electrons. The Morgan fingerprint density at radius 1 is 1.03 bits per heavy atom. The van der Waals surface area contributed by atoms with Gasteiger partial charge in [-0.3, -0.25) is 14.6 Å². The van der Waals surface area contributed by atoms with E-state index in [1.165, 1.54) is 16.2 Å². The summed E-state index contributed by atoms with van der Waals surface area (Å²) in [7, 11) is 1.60. The van der Waals surface area contributed by atoms with Crippen LogP contribution >= 0.6 is 11.3 Å². The Morgan fingerprint density at radius 3 is 2.36 bits per heavy atom. The Balaban J connectivity index is 1.66. The second-order valence-corrected chi connectivity index (χ2v) is 10.5. The van der Waals surface area contributed by atoms with Crippen molar-refractivity contribution in [3.8, 4) is 5.75 Å². The van der Waals surface area contributed by atoms with Crippen LogP contribution in [0.4, 0.5) is 10.7 Å². The van der Waals surface area contributed by atoms with Gasteiger partial charge in [0.15, 0.2) is 0 Å². The van der Waals surface area contributed by atoms with E-state index in [0.29, 0.717) is 27.7 Å². The maximum absolute atomic E-state index is 13.4. The van der Waals surface area contributed by atoms with E-state index in [0.717, 1.165) is 30.6 Å². The van der Waals surface area contributed by atoms with E-state index in [4.69, 9.17) is 4.74 Å². The maximum Gasteiger partial charge on any atom is 0.258 e. The standard InChI is InChI=1S/C26H29N3O3S/c1-26(2,3)17-5-10-20-21(15-17)33-25(29-23(30)16-11-13-27-14-12-16)22(20)24(31)28-18-6-8-19(32-4)9-7-18/h6-9,11-14,17H,5,10,15H2,1-4H3,(H,28,31)(H,29,30)/t17-/m0/s1. The predicted molar refractivity (Wildman–Crippen MR) is 132 cm³/mol. The van der Waals surface area contributed by atoms with Gasteiger partial charge in [-0.2, -0.15) is 0 Å². The van der Waals surface area contributed by atoms with Crippen LogP contribution < -0.4 is 15.4 Å². The van der Waals surface area contributed by atoms with E-state index < -0.39 is 0 Å². The number of hydrogen-bond donors (Lipinski definition) is 2. The summed E-state index contributed by atoms with van der Waals surface area (Å²) in [5.74, 6) is 0.795. The van der Waals surface area contributed by atoms with Crippen LogP contribution in [0.25, 0.3) is 0 Å². The van der Waals surface area contributed by atoms with E-state index in [1.807, 2.05) is 0 Å². The smallest absolute Gasteiger partial charge is 0.258 e. The van der Waals surface area contributed by atoms with Crippen LogP contribution in [0.2, 0.25) is 0 Å². The molecule has 0 aliphatic heterocycles. The number of aromatic nitrogens is 1. The monoisotopic (exact) mass is 463 g/mol. The van der Waals surface area contributed by atoms with Crippen molar-refractivity contribution < 1.29 is 14.3 Å². The molecule has 2 aromatic heterocycles. The lowest BCUT2D eigenvalue weighted by Gasteiger charge is -2.33. The van der Waals surface area contributed by atoms with Crippen LogP contribution in [0, 0.1) is 11.3 Å². The minimum absolute atomic E-state index is 0.188. The Labute approximate surface area is 198 Å². The SMILES string of the molecule is COc1ccc(NC(=O)c2c(NC(=O)c3ccncc3)sc3c2CC[C@H](C(C)(C)C)C3)cc1. The Kier molecular flexibility index (Phi) is 6.51. The van der Waals surface area contributed by atoms with Crippen molar-refractivity contribution in [1.29, 1.82) is 0 Å². The third-order valence-corrected chi connectivity index (χ3v) is 7.40. The highest BCUT2D eigenvalue weighted by atomic mass is 32.1. The summed E-state index contributed by atoms with van der Waals surface area (Å²) in [5, 5.41) is 6.58. The maximum atomic E-state index is 13.4. The summed E-state index contributed by atoms with van der Waals surface area (Å²) in [6.45, 7) is 6.79.